The van der Waals surface area contributed by atoms with Crippen molar-refractivity contribution >= 4 is 71.1 Å². The molecule has 0 fully saturated rings. The molecule has 0 radical (unpaired) electrons. The van der Waals surface area contributed by atoms with Crippen LogP contribution in [0.25, 0.3) is 0 Å². The molecule has 15 heavy (non-hydrogen) atoms. The summed E-state index contributed by atoms with van der Waals surface area (Å²) < 4.78 is 0. The fourth-order valence-electron chi connectivity index (χ4n) is 0.964. The fourth-order valence-corrected chi connectivity index (χ4v) is 0.964. The normalized spacial score (nSPS) is 9.33. The van der Waals surface area contributed by atoms with Crippen LogP contribution in [0.3, 0.4) is 0 Å². The van der Waals surface area contributed by atoms with Crippen molar-refractivity contribution in [2.24, 2.45) is 5.92 Å². The number of nitrogens with zero attached hydrogens (tertiary/aromatic N) is 1. The van der Waals surface area contributed by atoms with Gasteiger partial charge in [-0.1, -0.05) is 0 Å². The number of carboxylic acids is 2. The Morgan fingerprint density at radius 3 is 1.80 bits per heavy atom. The Bertz CT molecular complexity index is 185. The first-order valence-corrected chi connectivity index (χ1v) is 4.05. The molecule has 80 valence electrons. The van der Waals surface area contributed by atoms with Crippen LogP contribution in [-0.4, -0.2) is 107 Å². The van der Waals surface area contributed by atoms with Crippen LogP contribution in [0.15, 0.2) is 0 Å². The van der Waals surface area contributed by atoms with Crippen LogP contribution in [0, 0.1) is 5.92 Å². The molecule has 0 aromatic carbocycles. The van der Waals surface area contributed by atoms with Crippen molar-refractivity contribution in [1.29, 1.82) is 0 Å². The van der Waals surface area contributed by atoms with E-state index in [-0.39, 0.29) is 65.5 Å². The number of hydrogen-bond acceptors (Lipinski definition) is 3. The third-order valence-electron chi connectivity index (χ3n) is 1.69. The SMILES string of the molecule is CN(C)CCCC(C(=O)O)C(=O)O.[NaH].[NaH]. The summed E-state index contributed by atoms with van der Waals surface area (Å²) in [6, 6.07) is 0. The van der Waals surface area contributed by atoms with Crippen molar-refractivity contribution in [2.45, 2.75) is 12.8 Å². The van der Waals surface area contributed by atoms with Crippen molar-refractivity contribution < 1.29 is 19.8 Å². The van der Waals surface area contributed by atoms with Gasteiger partial charge in [-0.3, -0.25) is 9.59 Å². The number of hydrogen-bond donors (Lipinski definition) is 2. The molecule has 2 N–H and O–H groups in total. The predicted octanol–water partition coefficient (Wildman–Crippen LogP) is -1.18. The van der Waals surface area contributed by atoms with Gasteiger partial charge in [0.25, 0.3) is 0 Å². The van der Waals surface area contributed by atoms with Gasteiger partial charge in [-0.2, -0.15) is 0 Å². The molecule has 5 nitrogen and oxygen atoms in total. The standard InChI is InChI=1S/C8H15NO4.2Na.2H/c1-9(2)5-3-4-6(7(10)11)8(12)13;;;;/h6H,3-5H2,1-2H3,(H,10,11)(H,12,13);;;;. The van der Waals surface area contributed by atoms with E-state index in [4.69, 9.17) is 10.2 Å². The Kier molecular flexibility index (Phi) is 16.1. The van der Waals surface area contributed by atoms with E-state index in [2.05, 4.69) is 0 Å². The van der Waals surface area contributed by atoms with Crippen LogP contribution < -0.4 is 0 Å². The summed E-state index contributed by atoms with van der Waals surface area (Å²) in [5.41, 5.74) is 0. The minimum absolute atomic E-state index is 0. The van der Waals surface area contributed by atoms with Crippen molar-refractivity contribution in [1.82, 2.24) is 4.90 Å². The first-order chi connectivity index (χ1) is 5.95. The molecule has 0 atom stereocenters. The van der Waals surface area contributed by atoms with E-state index in [1.807, 2.05) is 19.0 Å². The molecule has 0 saturated heterocycles. The quantitative estimate of drug-likeness (QED) is 0.449. The Morgan fingerprint density at radius 1 is 1.13 bits per heavy atom. The molecule has 0 rings (SSSR count). The van der Waals surface area contributed by atoms with E-state index in [1.54, 1.807) is 0 Å². The molecular formula is C8H17NNa2O4. The molecule has 0 saturated carbocycles. The van der Waals surface area contributed by atoms with Crippen molar-refractivity contribution in [3.63, 3.8) is 0 Å². The van der Waals surface area contributed by atoms with Crippen molar-refractivity contribution in [2.75, 3.05) is 20.6 Å². The maximum absolute atomic E-state index is 10.4. The van der Waals surface area contributed by atoms with E-state index in [0.29, 0.717) is 13.0 Å². The first kappa shape index (κ1) is 21.2. The van der Waals surface area contributed by atoms with Crippen molar-refractivity contribution in [3.05, 3.63) is 0 Å². The monoisotopic (exact) mass is 237 g/mol. The Balaban J connectivity index is -0.000000720. The van der Waals surface area contributed by atoms with Gasteiger partial charge in [0.15, 0.2) is 5.92 Å². The number of carboxylic acid groups (broad SMARTS) is 2. The van der Waals surface area contributed by atoms with Crippen LogP contribution in [0.5, 0.6) is 0 Å². The third kappa shape index (κ3) is 11.2. The number of rotatable bonds is 6. The van der Waals surface area contributed by atoms with E-state index in [1.165, 1.54) is 0 Å². The van der Waals surface area contributed by atoms with Crippen LogP contribution in [0.2, 0.25) is 0 Å². The second-order valence-electron chi connectivity index (χ2n) is 3.17. The number of carbonyl (C=O) groups is 2. The van der Waals surface area contributed by atoms with Crippen LogP contribution in [0.1, 0.15) is 12.8 Å². The maximum atomic E-state index is 10.4. The van der Waals surface area contributed by atoms with Gasteiger partial charge < -0.3 is 15.1 Å². The van der Waals surface area contributed by atoms with Crippen LogP contribution in [-0.2, 0) is 9.59 Å². The third-order valence-corrected chi connectivity index (χ3v) is 1.69. The zero-order valence-corrected chi connectivity index (χ0v) is 7.86. The van der Waals surface area contributed by atoms with E-state index in [9.17, 15) is 9.59 Å². The molecule has 0 bridgehead atoms. The summed E-state index contributed by atoms with van der Waals surface area (Å²) >= 11 is 0. The molecule has 0 aliphatic carbocycles. The summed E-state index contributed by atoms with van der Waals surface area (Å²) in [6.07, 6.45) is 0.763. The average Bonchev–Trinajstić information content (AvgIpc) is 1.95. The topological polar surface area (TPSA) is 77.8 Å². The molecule has 0 unspecified atom stereocenters. The molecule has 0 aliphatic heterocycles. The van der Waals surface area contributed by atoms with Crippen molar-refractivity contribution in [3.8, 4) is 0 Å². The Labute approximate surface area is 134 Å². The fraction of sp³-hybridized carbons (Fsp3) is 0.750. The van der Waals surface area contributed by atoms with Crippen LogP contribution >= 0.6 is 0 Å². The summed E-state index contributed by atoms with van der Waals surface area (Å²) in [7, 11) is 3.72. The zero-order chi connectivity index (χ0) is 10.4. The van der Waals surface area contributed by atoms with Gasteiger partial charge in [0.2, 0.25) is 0 Å². The Hall–Kier alpha value is 0.900. The first-order valence-electron chi connectivity index (χ1n) is 4.05. The summed E-state index contributed by atoms with van der Waals surface area (Å²) in [5.74, 6) is -3.78. The second kappa shape index (κ2) is 11.4. The molecule has 0 heterocycles. The average molecular weight is 237 g/mol. The van der Waals surface area contributed by atoms with Gasteiger partial charge in [0.1, 0.15) is 0 Å². The molecule has 0 aliphatic rings. The molecule has 0 spiro atoms. The number of aliphatic carboxylic acids is 2. The molecule has 0 aromatic heterocycles. The van der Waals surface area contributed by atoms with Gasteiger partial charge in [0, 0.05) is 0 Å². The Morgan fingerprint density at radius 2 is 1.53 bits per heavy atom. The summed E-state index contributed by atoms with van der Waals surface area (Å²) in [6.45, 7) is 0.705. The molecular weight excluding hydrogens is 220 g/mol. The zero-order valence-electron chi connectivity index (χ0n) is 7.86. The second-order valence-corrected chi connectivity index (χ2v) is 3.17. The molecule has 7 heteroatoms. The van der Waals surface area contributed by atoms with Gasteiger partial charge in [-0.15, -0.1) is 0 Å². The van der Waals surface area contributed by atoms with E-state index < -0.39 is 17.9 Å². The summed E-state index contributed by atoms with van der Waals surface area (Å²) in [4.78, 5) is 22.7. The van der Waals surface area contributed by atoms with Crippen LogP contribution in [0.4, 0.5) is 0 Å². The minimum atomic E-state index is -1.26. The predicted molar refractivity (Wildman–Crippen MR) is 60.8 cm³/mol. The van der Waals surface area contributed by atoms with Gasteiger partial charge >= 0.3 is 71.1 Å². The van der Waals surface area contributed by atoms with Gasteiger partial charge in [0.05, 0.1) is 0 Å². The van der Waals surface area contributed by atoms with E-state index >= 15 is 0 Å². The molecule has 0 amide bonds. The summed E-state index contributed by atoms with van der Waals surface area (Å²) in [5, 5.41) is 17.0. The van der Waals surface area contributed by atoms with Gasteiger partial charge in [-0.25, -0.2) is 0 Å². The van der Waals surface area contributed by atoms with Gasteiger partial charge in [-0.05, 0) is 33.5 Å². The van der Waals surface area contributed by atoms with E-state index in [0.717, 1.165) is 0 Å². The molecule has 0 aromatic rings.